The third kappa shape index (κ3) is 2.43. The Hall–Kier alpha value is -1.08. The van der Waals surface area contributed by atoms with Gasteiger partial charge in [0.05, 0.1) is 10.9 Å². The summed E-state index contributed by atoms with van der Waals surface area (Å²) in [7, 11) is 0. The van der Waals surface area contributed by atoms with E-state index in [2.05, 4.69) is 27.8 Å². The van der Waals surface area contributed by atoms with Crippen molar-refractivity contribution in [2.45, 2.75) is 0 Å². The Morgan fingerprint density at radius 1 is 1.38 bits per heavy atom. The Morgan fingerprint density at radius 3 is 2.69 bits per heavy atom. The third-order valence-corrected chi connectivity index (χ3v) is 1.60. The number of halogens is 3. The molecule has 0 heterocycles. The molecule has 0 saturated heterocycles. The van der Waals surface area contributed by atoms with E-state index in [1.807, 2.05) is 0 Å². The highest BCUT2D eigenvalue weighted by Gasteiger charge is 2.07. The van der Waals surface area contributed by atoms with Gasteiger partial charge in [-0.25, -0.2) is 8.78 Å². The Morgan fingerprint density at radius 2 is 2.08 bits per heavy atom. The van der Waals surface area contributed by atoms with Gasteiger partial charge in [0.15, 0.2) is 11.6 Å². The number of rotatable bonds is 0. The van der Waals surface area contributed by atoms with Crippen molar-refractivity contribution >= 4 is 15.9 Å². The third-order valence-electron chi connectivity index (χ3n) is 1.32. The van der Waals surface area contributed by atoms with Gasteiger partial charge in [-0.05, 0) is 6.07 Å². The molecule has 0 unspecified atom stereocenters. The Bertz CT molecular complexity index is 379. The standard InChI is InChI=1S/C9H5BrF2O/c10-3-1-2-6-4-7(11)5-8(12)9(6)13/h4-5,13H,3H2. The molecule has 1 aromatic carbocycles. The molecule has 1 rings (SSSR count). The molecule has 0 fully saturated rings. The van der Waals surface area contributed by atoms with Crippen LogP contribution in [0.5, 0.6) is 5.75 Å². The van der Waals surface area contributed by atoms with Gasteiger partial charge in [0, 0.05) is 6.07 Å². The molecular formula is C9H5BrF2O. The molecule has 0 aliphatic rings. The van der Waals surface area contributed by atoms with Gasteiger partial charge in [-0.1, -0.05) is 27.8 Å². The molecule has 4 heteroatoms. The van der Waals surface area contributed by atoms with Crippen molar-refractivity contribution in [1.82, 2.24) is 0 Å². The maximum atomic E-state index is 12.7. The molecular weight excluding hydrogens is 242 g/mol. The van der Waals surface area contributed by atoms with Gasteiger partial charge in [-0.2, -0.15) is 0 Å². The van der Waals surface area contributed by atoms with Crippen LogP contribution in [0.2, 0.25) is 0 Å². The van der Waals surface area contributed by atoms with E-state index in [9.17, 15) is 8.78 Å². The van der Waals surface area contributed by atoms with E-state index in [0.29, 0.717) is 11.4 Å². The smallest absolute Gasteiger partial charge is 0.169 e. The van der Waals surface area contributed by atoms with Crippen LogP contribution in [0.25, 0.3) is 0 Å². The first-order chi connectivity index (χ1) is 6.15. The van der Waals surface area contributed by atoms with E-state index >= 15 is 0 Å². The second-order valence-corrected chi connectivity index (χ2v) is 2.78. The summed E-state index contributed by atoms with van der Waals surface area (Å²) < 4.78 is 25.3. The lowest BCUT2D eigenvalue weighted by molar-refractivity contribution is 0.426. The first-order valence-corrected chi connectivity index (χ1v) is 4.50. The molecule has 1 aromatic rings. The predicted octanol–water partition coefficient (Wildman–Crippen LogP) is 2.42. The number of aromatic hydroxyl groups is 1. The highest BCUT2D eigenvalue weighted by molar-refractivity contribution is 9.09. The van der Waals surface area contributed by atoms with Crippen LogP contribution in [-0.2, 0) is 0 Å². The van der Waals surface area contributed by atoms with Crippen molar-refractivity contribution in [3.63, 3.8) is 0 Å². The number of phenolic OH excluding ortho intramolecular Hbond substituents is 1. The summed E-state index contributed by atoms with van der Waals surface area (Å²) in [6, 6.07) is 1.59. The second kappa shape index (κ2) is 4.24. The molecule has 1 nitrogen and oxygen atoms in total. The maximum Gasteiger partial charge on any atom is 0.169 e. The molecule has 0 spiro atoms. The number of hydrogen-bond donors (Lipinski definition) is 1. The first-order valence-electron chi connectivity index (χ1n) is 3.38. The van der Waals surface area contributed by atoms with Crippen LogP contribution in [0.3, 0.4) is 0 Å². The van der Waals surface area contributed by atoms with E-state index in [0.717, 1.165) is 6.07 Å². The summed E-state index contributed by atoms with van der Waals surface area (Å²) >= 11 is 3.03. The van der Waals surface area contributed by atoms with E-state index < -0.39 is 17.4 Å². The summed E-state index contributed by atoms with van der Waals surface area (Å²) in [5.41, 5.74) is -0.0445. The Kier molecular flexibility index (Phi) is 3.26. The Balaban J connectivity index is 3.20. The summed E-state index contributed by atoms with van der Waals surface area (Å²) in [5.74, 6) is 2.58. The van der Waals surface area contributed by atoms with E-state index in [1.54, 1.807) is 0 Å². The van der Waals surface area contributed by atoms with Gasteiger partial charge in [-0.15, -0.1) is 0 Å². The number of phenols is 1. The molecule has 0 saturated carbocycles. The van der Waals surface area contributed by atoms with Crippen LogP contribution < -0.4 is 0 Å². The molecule has 0 radical (unpaired) electrons. The van der Waals surface area contributed by atoms with Crippen LogP contribution in [0.1, 0.15) is 5.56 Å². The van der Waals surface area contributed by atoms with Gasteiger partial charge in [0.25, 0.3) is 0 Å². The van der Waals surface area contributed by atoms with Crippen LogP contribution in [0.4, 0.5) is 8.78 Å². The number of benzene rings is 1. The fraction of sp³-hybridized carbons (Fsp3) is 0.111. The van der Waals surface area contributed by atoms with Crippen molar-refractivity contribution in [1.29, 1.82) is 0 Å². The number of hydrogen-bond acceptors (Lipinski definition) is 1. The zero-order chi connectivity index (χ0) is 9.84. The van der Waals surface area contributed by atoms with Crippen molar-refractivity contribution in [3.8, 4) is 17.6 Å². The van der Waals surface area contributed by atoms with Crippen LogP contribution in [-0.4, -0.2) is 10.4 Å². The molecule has 68 valence electrons. The lowest BCUT2D eigenvalue weighted by Gasteiger charge is -1.98. The quantitative estimate of drug-likeness (QED) is 0.551. The highest BCUT2D eigenvalue weighted by atomic mass is 79.9. The molecule has 1 N–H and O–H groups in total. The van der Waals surface area contributed by atoms with Gasteiger partial charge in [-0.3, -0.25) is 0 Å². The second-order valence-electron chi connectivity index (χ2n) is 2.22. The largest absolute Gasteiger partial charge is 0.504 e. The predicted molar refractivity (Wildman–Crippen MR) is 48.7 cm³/mol. The fourth-order valence-corrected chi connectivity index (χ4v) is 0.930. The van der Waals surface area contributed by atoms with Gasteiger partial charge in [0.1, 0.15) is 5.82 Å². The summed E-state index contributed by atoms with van der Waals surface area (Å²) in [5, 5.41) is 9.47. The van der Waals surface area contributed by atoms with Crippen molar-refractivity contribution in [2.75, 3.05) is 5.33 Å². The zero-order valence-electron chi connectivity index (χ0n) is 6.44. The summed E-state index contributed by atoms with van der Waals surface area (Å²) in [6.45, 7) is 0. The van der Waals surface area contributed by atoms with Gasteiger partial charge < -0.3 is 5.11 Å². The molecule has 0 aliphatic carbocycles. The van der Waals surface area contributed by atoms with Crippen LogP contribution in [0.15, 0.2) is 12.1 Å². The lowest BCUT2D eigenvalue weighted by atomic mass is 10.2. The molecule has 0 bridgehead atoms. The fourth-order valence-electron chi connectivity index (χ4n) is 0.790. The molecule has 0 aliphatic heterocycles. The van der Waals surface area contributed by atoms with E-state index in [-0.39, 0.29) is 5.56 Å². The molecule has 0 aromatic heterocycles. The summed E-state index contributed by atoms with van der Waals surface area (Å²) in [6.07, 6.45) is 0. The SMILES string of the molecule is Oc1c(F)cc(F)cc1C#CCBr. The van der Waals surface area contributed by atoms with Crippen molar-refractivity contribution in [3.05, 3.63) is 29.3 Å². The van der Waals surface area contributed by atoms with Gasteiger partial charge in [0.2, 0.25) is 0 Å². The minimum atomic E-state index is -1.00. The maximum absolute atomic E-state index is 12.7. The topological polar surface area (TPSA) is 20.2 Å². The highest BCUT2D eigenvalue weighted by Crippen LogP contribution is 2.21. The van der Waals surface area contributed by atoms with Gasteiger partial charge >= 0.3 is 0 Å². The first kappa shape index (κ1) is 10.0. The molecule has 0 atom stereocenters. The van der Waals surface area contributed by atoms with E-state index in [4.69, 9.17) is 5.11 Å². The van der Waals surface area contributed by atoms with Crippen molar-refractivity contribution < 1.29 is 13.9 Å². The zero-order valence-corrected chi connectivity index (χ0v) is 8.03. The molecule has 0 amide bonds. The van der Waals surface area contributed by atoms with E-state index in [1.165, 1.54) is 0 Å². The van der Waals surface area contributed by atoms with Crippen LogP contribution in [0, 0.1) is 23.5 Å². The normalized spacial score (nSPS) is 9.15. The lowest BCUT2D eigenvalue weighted by Crippen LogP contribution is -1.85. The van der Waals surface area contributed by atoms with Crippen molar-refractivity contribution in [2.24, 2.45) is 0 Å². The number of alkyl halides is 1. The minimum absolute atomic E-state index is 0.0445. The average Bonchev–Trinajstić information content (AvgIpc) is 2.09. The summed E-state index contributed by atoms with van der Waals surface area (Å²) in [4.78, 5) is 0. The molecule has 13 heavy (non-hydrogen) atoms. The minimum Gasteiger partial charge on any atom is -0.504 e. The Labute approximate surface area is 82.5 Å². The average molecular weight is 247 g/mol. The monoisotopic (exact) mass is 246 g/mol. The van der Waals surface area contributed by atoms with Crippen LogP contribution >= 0.6 is 15.9 Å².